The summed E-state index contributed by atoms with van der Waals surface area (Å²) in [6.07, 6.45) is 2.10. The summed E-state index contributed by atoms with van der Waals surface area (Å²) < 4.78 is 22.1. The third-order valence-electron chi connectivity index (χ3n) is 4.18. The number of carbonyl (C=O) groups is 2. The summed E-state index contributed by atoms with van der Waals surface area (Å²) in [6, 6.07) is 5.38. The number of nitrogens with zero attached hydrogens (tertiary/aromatic N) is 2. The van der Waals surface area contributed by atoms with Crippen molar-refractivity contribution in [2.24, 2.45) is 0 Å². The van der Waals surface area contributed by atoms with E-state index in [9.17, 15) is 14.0 Å². The molecule has 1 aromatic carbocycles. The Morgan fingerprint density at radius 2 is 2.04 bits per heavy atom. The molecule has 1 aliphatic carbocycles. The van der Waals surface area contributed by atoms with E-state index in [1.807, 2.05) is 0 Å². The monoisotopic (exact) mass is 378 g/mol. The molecule has 26 heavy (non-hydrogen) atoms. The van der Waals surface area contributed by atoms with Crippen LogP contribution in [-0.2, 0) is 4.74 Å². The molecule has 0 radical (unpaired) electrons. The lowest BCUT2D eigenvalue weighted by atomic mass is 9.93. The fraction of sp³-hybridized carbons (Fsp3) is 0.412. The molecule has 0 unspecified atom stereocenters. The lowest BCUT2D eigenvalue weighted by Crippen LogP contribution is -2.41. The second kappa shape index (κ2) is 8.22. The Kier molecular flexibility index (Phi) is 5.77. The fourth-order valence-corrected chi connectivity index (χ4v) is 3.47. The highest BCUT2D eigenvalue weighted by molar-refractivity contribution is 7.08. The molecule has 3 rings (SSSR count). The Hall–Kier alpha value is -2.55. The van der Waals surface area contributed by atoms with Crippen LogP contribution < -0.4 is 10.6 Å². The third kappa shape index (κ3) is 4.75. The van der Waals surface area contributed by atoms with Crippen molar-refractivity contribution in [1.29, 1.82) is 0 Å². The van der Waals surface area contributed by atoms with E-state index in [0.29, 0.717) is 22.7 Å². The first-order valence-corrected chi connectivity index (χ1v) is 9.11. The maximum Gasteiger partial charge on any atom is 0.411 e. The van der Waals surface area contributed by atoms with Crippen LogP contribution in [0.2, 0.25) is 0 Å². The Balaban J connectivity index is 1.50. The average Bonchev–Trinajstić information content (AvgIpc) is 3.03. The van der Waals surface area contributed by atoms with E-state index >= 15 is 0 Å². The van der Waals surface area contributed by atoms with Crippen LogP contribution in [0, 0.1) is 12.7 Å². The SMILES string of the molecule is Cc1nnsc1C(=O)N[C@@H]1CCC[C@@H](OC(=O)Nc2ccc(F)cc2)C1. The van der Waals surface area contributed by atoms with Crippen molar-refractivity contribution >= 4 is 29.2 Å². The molecule has 1 aliphatic rings. The summed E-state index contributed by atoms with van der Waals surface area (Å²) in [7, 11) is 0. The molecule has 138 valence electrons. The van der Waals surface area contributed by atoms with Crippen molar-refractivity contribution in [2.45, 2.75) is 44.8 Å². The summed E-state index contributed by atoms with van der Waals surface area (Å²) in [5, 5.41) is 9.37. The maximum atomic E-state index is 12.9. The number of aryl methyl sites for hydroxylation is 1. The fourth-order valence-electron chi connectivity index (χ4n) is 2.91. The minimum atomic E-state index is -0.587. The number of anilines is 1. The predicted octanol–water partition coefficient (Wildman–Crippen LogP) is 3.28. The molecule has 9 heteroatoms. The molecule has 2 aromatic rings. The third-order valence-corrected chi connectivity index (χ3v) is 5.01. The average molecular weight is 378 g/mol. The Morgan fingerprint density at radius 1 is 1.27 bits per heavy atom. The number of benzene rings is 1. The van der Waals surface area contributed by atoms with Crippen molar-refractivity contribution in [3.63, 3.8) is 0 Å². The first-order chi connectivity index (χ1) is 12.5. The molecule has 2 atom stereocenters. The summed E-state index contributed by atoms with van der Waals surface area (Å²) in [5.74, 6) is -0.569. The number of ether oxygens (including phenoxy) is 1. The second-order valence-electron chi connectivity index (χ2n) is 6.18. The van der Waals surface area contributed by atoms with Crippen LogP contribution in [0.25, 0.3) is 0 Å². The number of aromatic nitrogens is 2. The summed E-state index contributed by atoms with van der Waals surface area (Å²) >= 11 is 1.06. The van der Waals surface area contributed by atoms with Gasteiger partial charge in [0.05, 0.1) is 5.69 Å². The topological polar surface area (TPSA) is 93.2 Å². The molecule has 1 aromatic heterocycles. The van der Waals surface area contributed by atoms with Gasteiger partial charge in [-0.25, -0.2) is 9.18 Å². The van der Waals surface area contributed by atoms with Gasteiger partial charge in [0.15, 0.2) is 0 Å². The van der Waals surface area contributed by atoms with E-state index in [0.717, 1.165) is 30.8 Å². The second-order valence-corrected chi connectivity index (χ2v) is 6.94. The van der Waals surface area contributed by atoms with Gasteiger partial charge in [-0.3, -0.25) is 10.1 Å². The van der Waals surface area contributed by atoms with Crippen molar-refractivity contribution in [3.8, 4) is 0 Å². The molecule has 1 saturated carbocycles. The van der Waals surface area contributed by atoms with E-state index in [4.69, 9.17) is 4.74 Å². The lowest BCUT2D eigenvalue weighted by molar-refractivity contribution is 0.0714. The standard InChI is InChI=1S/C17H19FN4O3S/c1-10-15(26-22-21-10)16(23)19-13-3-2-4-14(9-13)25-17(24)20-12-7-5-11(18)6-8-12/h5-8,13-14H,2-4,9H2,1H3,(H,19,23)(H,20,24)/t13-,14-/m1/s1. The van der Waals surface area contributed by atoms with Gasteiger partial charge in [-0.2, -0.15) is 0 Å². The molecule has 1 heterocycles. The predicted molar refractivity (Wildman–Crippen MR) is 94.7 cm³/mol. The van der Waals surface area contributed by atoms with Crippen molar-refractivity contribution in [2.75, 3.05) is 5.32 Å². The van der Waals surface area contributed by atoms with Gasteiger partial charge in [-0.15, -0.1) is 5.10 Å². The molecular formula is C17H19FN4O3S. The largest absolute Gasteiger partial charge is 0.446 e. The van der Waals surface area contributed by atoms with Crippen molar-refractivity contribution in [3.05, 3.63) is 40.7 Å². The molecule has 0 aliphatic heterocycles. The van der Waals surface area contributed by atoms with E-state index in [1.54, 1.807) is 6.92 Å². The minimum absolute atomic E-state index is 0.0682. The summed E-state index contributed by atoms with van der Waals surface area (Å²) in [6.45, 7) is 1.74. The van der Waals surface area contributed by atoms with Crippen LogP contribution in [-0.4, -0.2) is 33.7 Å². The number of hydrogen-bond acceptors (Lipinski definition) is 6. The highest BCUT2D eigenvalue weighted by Crippen LogP contribution is 2.23. The molecule has 2 N–H and O–H groups in total. The zero-order chi connectivity index (χ0) is 18.5. The van der Waals surface area contributed by atoms with E-state index in [2.05, 4.69) is 20.2 Å². The van der Waals surface area contributed by atoms with Crippen molar-refractivity contribution in [1.82, 2.24) is 14.9 Å². The van der Waals surface area contributed by atoms with Gasteiger partial charge < -0.3 is 10.1 Å². The summed E-state index contributed by atoms with van der Waals surface area (Å²) in [5.41, 5.74) is 1.07. The Morgan fingerprint density at radius 3 is 2.73 bits per heavy atom. The normalized spacial score (nSPS) is 19.6. The maximum absolute atomic E-state index is 12.9. The number of rotatable bonds is 4. The van der Waals surface area contributed by atoms with Crippen LogP contribution in [0.3, 0.4) is 0 Å². The van der Waals surface area contributed by atoms with Gasteiger partial charge in [0, 0.05) is 18.2 Å². The minimum Gasteiger partial charge on any atom is -0.446 e. The van der Waals surface area contributed by atoms with Gasteiger partial charge in [-0.05, 0) is 62.0 Å². The first kappa shape index (κ1) is 18.2. The Bertz CT molecular complexity index is 781. The molecule has 1 fully saturated rings. The van der Waals surface area contributed by atoms with Crippen molar-refractivity contribution < 1.29 is 18.7 Å². The zero-order valence-corrected chi connectivity index (χ0v) is 15.0. The van der Waals surface area contributed by atoms with Gasteiger partial charge in [-0.1, -0.05) is 4.49 Å². The Labute approximate surface area is 154 Å². The van der Waals surface area contributed by atoms with Crippen LogP contribution in [0.15, 0.2) is 24.3 Å². The van der Waals surface area contributed by atoms with Crippen LogP contribution in [0.1, 0.15) is 41.0 Å². The molecule has 0 saturated heterocycles. The molecule has 0 spiro atoms. The molecule has 0 bridgehead atoms. The van der Waals surface area contributed by atoms with Gasteiger partial charge in [0.25, 0.3) is 5.91 Å². The van der Waals surface area contributed by atoms with Gasteiger partial charge >= 0.3 is 6.09 Å². The van der Waals surface area contributed by atoms with E-state index in [1.165, 1.54) is 24.3 Å². The van der Waals surface area contributed by atoms with Gasteiger partial charge in [0.2, 0.25) is 0 Å². The number of amides is 2. The molecule has 2 amide bonds. The number of hydrogen-bond donors (Lipinski definition) is 2. The lowest BCUT2D eigenvalue weighted by Gasteiger charge is -2.29. The smallest absolute Gasteiger partial charge is 0.411 e. The zero-order valence-electron chi connectivity index (χ0n) is 14.2. The van der Waals surface area contributed by atoms with Crippen LogP contribution in [0.4, 0.5) is 14.9 Å². The number of halogens is 1. The number of nitrogens with one attached hydrogen (secondary N) is 2. The first-order valence-electron chi connectivity index (χ1n) is 8.34. The quantitative estimate of drug-likeness (QED) is 0.852. The van der Waals surface area contributed by atoms with E-state index in [-0.39, 0.29) is 23.9 Å². The highest BCUT2D eigenvalue weighted by atomic mass is 32.1. The van der Waals surface area contributed by atoms with E-state index < -0.39 is 6.09 Å². The van der Waals surface area contributed by atoms with Crippen LogP contribution >= 0.6 is 11.5 Å². The molecule has 7 nitrogen and oxygen atoms in total. The summed E-state index contributed by atoms with van der Waals surface area (Å²) in [4.78, 5) is 24.8. The van der Waals surface area contributed by atoms with Crippen LogP contribution in [0.5, 0.6) is 0 Å². The number of carbonyl (C=O) groups excluding carboxylic acids is 2. The highest BCUT2D eigenvalue weighted by Gasteiger charge is 2.27. The van der Waals surface area contributed by atoms with Gasteiger partial charge in [0.1, 0.15) is 16.8 Å². The molecular weight excluding hydrogens is 359 g/mol.